The highest BCUT2D eigenvalue weighted by Gasteiger charge is 2.46. The molecule has 0 saturated carbocycles. The van der Waals surface area contributed by atoms with Crippen LogP contribution in [0.4, 0.5) is 0 Å². The van der Waals surface area contributed by atoms with Crippen molar-refractivity contribution in [1.82, 2.24) is 9.21 Å². The molecule has 1 atom stereocenters. The molecule has 0 aliphatic carbocycles. The number of rotatable bonds is 9. The molecule has 1 saturated heterocycles. The van der Waals surface area contributed by atoms with E-state index in [1.165, 1.54) is 75.7 Å². The molecule has 1 heterocycles. The van der Waals surface area contributed by atoms with E-state index in [0.29, 0.717) is 18.6 Å². The molecule has 1 fully saturated rings. The third-order valence-corrected chi connectivity index (χ3v) is 7.54. The van der Waals surface area contributed by atoms with Crippen molar-refractivity contribution >= 4 is 27.5 Å². The molecule has 0 radical (unpaired) electrons. The smallest absolute Gasteiger partial charge is 0.295 e. The van der Waals surface area contributed by atoms with Crippen LogP contribution in [0.5, 0.6) is 11.5 Å². The summed E-state index contributed by atoms with van der Waals surface area (Å²) in [6.07, 6.45) is 0.451. The van der Waals surface area contributed by atoms with E-state index in [4.69, 9.17) is 9.47 Å². The Labute approximate surface area is 204 Å². The van der Waals surface area contributed by atoms with Gasteiger partial charge in [-0.25, -0.2) is 12.7 Å². The number of methoxy groups -OCH3 is 2. The molecule has 1 aliphatic rings. The molecular weight excluding hydrogens is 476 g/mol. The summed E-state index contributed by atoms with van der Waals surface area (Å²) in [4.78, 5) is 27.3. The summed E-state index contributed by atoms with van der Waals surface area (Å²) in [5, 5.41) is 21.1. The van der Waals surface area contributed by atoms with Crippen LogP contribution in [0.15, 0.2) is 52.9 Å². The highest BCUT2D eigenvalue weighted by atomic mass is 32.2. The number of hydrogen-bond acceptors (Lipinski definition) is 8. The number of sulfonamides is 1. The summed E-state index contributed by atoms with van der Waals surface area (Å²) < 4.78 is 36.0. The van der Waals surface area contributed by atoms with Crippen molar-refractivity contribution in [3.05, 3.63) is 59.2 Å². The Morgan fingerprint density at radius 1 is 1.09 bits per heavy atom. The second kappa shape index (κ2) is 10.5. The van der Waals surface area contributed by atoms with Crippen molar-refractivity contribution in [2.24, 2.45) is 0 Å². The van der Waals surface area contributed by atoms with Crippen LogP contribution in [-0.2, 0) is 24.3 Å². The maximum atomic E-state index is 13.1. The first-order valence-corrected chi connectivity index (χ1v) is 12.2. The maximum Gasteiger partial charge on any atom is 0.295 e. The summed E-state index contributed by atoms with van der Waals surface area (Å²) >= 11 is 0. The number of phenolic OH excluding ortho intramolecular Hbond substituents is 1. The predicted octanol–water partition coefficient (Wildman–Crippen LogP) is 2.11. The second-order valence-corrected chi connectivity index (χ2v) is 10.2. The van der Waals surface area contributed by atoms with Crippen molar-refractivity contribution < 1.29 is 37.7 Å². The summed E-state index contributed by atoms with van der Waals surface area (Å²) in [7, 11) is 2.01. The highest BCUT2D eigenvalue weighted by Crippen LogP contribution is 2.41. The monoisotopic (exact) mass is 504 g/mol. The third-order valence-electron chi connectivity index (χ3n) is 5.71. The van der Waals surface area contributed by atoms with Crippen molar-refractivity contribution in [3.8, 4) is 11.5 Å². The van der Waals surface area contributed by atoms with E-state index in [2.05, 4.69) is 0 Å². The normalized spacial score (nSPS) is 17.9. The van der Waals surface area contributed by atoms with Gasteiger partial charge in [-0.1, -0.05) is 6.07 Å². The number of ketones is 1. The first-order chi connectivity index (χ1) is 16.5. The standard InChI is InChI=1S/C24H28N2O8S/c1-25(2)35(31,32)17-9-6-15(7-10-17)22(28)20-21(16-8-11-18(27)19(14-16)34-4)26(12-5-13-33-3)24(30)23(20)29/h6-11,14,21,27-28H,5,12-13H2,1-4H3/b22-20+/t21-/m0/s1. The number of nitrogens with zero attached hydrogens (tertiary/aromatic N) is 2. The fourth-order valence-corrected chi connectivity index (χ4v) is 4.75. The van der Waals surface area contributed by atoms with Crippen LogP contribution in [0.3, 0.4) is 0 Å². The van der Waals surface area contributed by atoms with Crippen LogP contribution >= 0.6 is 0 Å². The minimum absolute atomic E-state index is 0.0129. The van der Waals surface area contributed by atoms with Gasteiger partial charge in [0.2, 0.25) is 10.0 Å². The summed E-state index contributed by atoms with van der Waals surface area (Å²) in [6.45, 7) is 0.541. The lowest BCUT2D eigenvalue weighted by Crippen LogP contribution is -2.31. The number of hydrogen-bond donors (Lipinski definition) is 2. The van der Waals surface area contributed by atoms with Crippen molar-refractivity contribution in [1.29, 1.82) is 0 Å². The number of carbonyl (C=O) groups is 2. The van der Waals surface area contributed by atoms with E-state index >= 15 is 0 Å². The maximum absolute atomic E-state index is 13.1. The number of aliphatic hydroxyl groups excluding tert-OH is 1. The number of likely N-dealkylation sites (tertiary alicyclic amines) is 1. The molecule has 11 heteroatoms. The van der Waals surface area contributed by atoms with Crippen LogP contribution in [0.2, 0.25) is 0 Å². The molecule has 1 amide bonds. The highest BCUT2D eigenvalue weighted by molar-refractivity contribution is 7.89. The quantitative estimate of drug-likeness (QED) is 0.230. The molecule has 1 aliphatic heterocycles. The Hall–Kier alpha value is -3.41. The van der Waals surface area contributed by atoms with Crippen molar-refractivity contribution in [2.45, 2.75) is 17.4 Å². The number of amides is 1. The van der Waals surface area contributed by atoms with Crippen molar-refractivity contribution in [3.63, 3.8) is 0 Å². The fraction of sp³-hybridized carbons (Fsp3) is 0.333. The Kier molecular flexibility index (Phi) is 7.83. The summed E-state index contributed by atoms with van der Waals surface area (Å²) in [5.74, 6) is -2.08. The first kappa shape index (κ1) is 26.2. The van der Waals surface area contributed by atoms with Crippen LogP contribution in [0, 0.1) is 0 Å². The zero-order chi connectivity index (χ0) is 25.9. The van der Waals surface area contributed by atoms with E-state index in [0.717, 1.165) is 4.31 Å². The first-order valence-electron chi connectivity index (χ1n) is 10.7. The van der Waals surface area contributed by atoms with Gasteiger partial charge < -0.3 is 24.6 Å². The second-order valence-electron chi connectivity index (χ2n) is 8.08. The third kappa shape index (κ3) is 5.02. The number of aromatic hydroxyl groups is 1. The van der Waals surface area contributed by atoms with E-state index in [-0.39, 0.29) is 34.1 Å². The Balaban J connectivity index is 2.14. The minimum Gasteiger partial charge on any atom is -0.507 e. The molecule has 0 bridgehead atoms. The van der Waals surface area contributed by atoms with Gasteiger partial charge in [0, 0.05) is 39.9 Å². The Bertz CT molecular complexity index is 1250. The number of carbonyl (C=O) groups excluding carboxylic acids is 2. The number of phenols is 1. The lowest BCUT2D eigenvalue weighted by molar-refractivity contribution is -0.140. The summed E-state index contributed by atoms with van der Waals surface area (Å²) in [6, 6.07) is 8.84. The lowest BCUT2D eigenvalue weighted by Gasteiger charge is -2.25. The van der Waals surface area contributed by atoms with Crippen LogP contribution < -0.4 is 4.74 Å². The number of Topliss-reactive ketones (excluding diaryl/α,β-unsaturated/α-hetero) is 1. The molecule has 10 nitrogen and oxygen atoms in total. The van der Waals surface area contributed by atoms with E-state index < -0.39 is 33.5 Å². The van der Waals surface area contributed by atoms with Gasteiger partial charge in [-0.3, -0.25) is 9.59 Å². The van der Waals surface area contributed by atoms with Crippen LogP contribution in [-0.4, -0.2) is 81.0 Å². The minimum atomic E-state index is -3.69. The van der Waals surface area contributed by atoms with E-state index in [1.54, 1.807) is 0 Å². The van der Waals surface area contributed by atoms with E-state index in [1.807, 2.05) is 0 Å². The molecule has 2 aromatic rings. The molecule has 35 heavy (non-hydrogen) atoms. The molecule has 188 valence electrons. The number of ether oxygens (including phenoxy) is 2. The molecule has 0 spiro atoms. The van der Waals surface area contributed by atoms with Gasteiger partial charge in [-0.2, -0.15) is 0 Å². The average molecular weight is 505 g/mol. The van der Waals surface area contributed by atoms with Gasteiger partial charge in [0.05, 0.1) is 23.6 Å². The fourth-order valence-electron chi connectivity index (χ4n) is 3.85. The summed E-state index contributed by atoms with van der Waals surface area (Å²) in [5.41, 5.74) is 0.473. The molecule has 0 aromatic heterocycles. The molecular formula is C24H28N2O8S. The van der Waals surface area contributed by atoms with Gasteiger partial charge in [0.25, 0.3) is 11.7 Å². The molecule has 3 rings (SSSR count). The van der Waals surface area contributed by atoms with Gasteiger partial charge in [-0.15, -0.1) is 0 Å². The number of aliphatic hydroxyl groups is 1. The largest absolute Gasteiger partial charge is 0.507 e. The molecule has 0 unspecified atom stereocenters. The van der Waals surface area contributed by atoms with Gasteiger partial charge in [0.15, 0.2) is 11.5 Å². The zero-order valence-electron chi connectivity index (χ0n) is 19.9. The van der Waals surface area contributed by atoms with Gasteiger partial charge in [-0.05, 0) is 48.4 Å². The number of benzene rings is 2. The van der Waals surface area contributed by atoms with E-state index in [9.17, 15) is 28.2 Å². The zero-order valence-corrected chi connectivity index (χ0v) is 20.7. The van der Waals surface area contributed by atoms with Crippen LogP contribution in [0.1, 0.15) is 23.6 Å². The SMILES string of the molecule is COCCCN1C(=O)C(=O)/C(=C(/O)c2ccc(S(=O)(=O)N(C)C)cc2)[C@@H]1c1ccc(O)c(OC)c1. The average Bonchev–Trinajstić information content (AvgIpc) is 3.09. The van der Waals surface area contributed by atoms with Crippen LogP contribution in [0.25, 0.3) is 5.76 Å². The predicted molar refractivity (Wildman–Crippen MR) is 127 cm³/mol. The van der Waals surface area contributed by atoms with Gasteiger partial charge >= 0.3 is 0 Å². The topological polar surface area (TPSA) is 134 Å². The van der Waals surface area contributed by atoms with Gasteiger partial charge in [0.1, 0.15) is 5.76 Å². The van der Waals surface area contributed by atoms with Crippen molar-refractivity contribution in [2.75, 3.05) is 41.5 Å². The molecule has 2 N–H and O–H groups in total. The Morgan fingerprint density at radius 2 is 1.74 bits per heavy atom. The lowest BCUT2D eigenvalue weighted by atomic mass is 9.95. The Morgan fingerprint density at radius 3 is 2.31 bits per heavy atom. The molecule has 2 aromatic carbocycles.